The van der Waals surface area contributed by atoms with Gasteiger partial charge in [0.05, 0.1) is 5.60 Å². The Labute approximate surface area is 80.7 Å². The second-order valence-electron chi connectivity index (χ2n) is 3.93. The van der Waals surface area contributed by atoms with Crippen molar-refractivity contribution in [2.75, 3.05) is 6.54 Å². The molecule has 1 aliphatic rings. The number of nitrogens with one attached hydrogen (secondary N) is 1. The Bertz CT molecular complexity index is 212. The molecule has 2 unspecified atom stereocenters. The van der Waals surface area contributed by atoms with Gasteiger partial charge in [-0.05, 0) is 33.1 Å². The molecule has 2 heteroatoms. The highest BCUT2D eigenvalue weighted by Crippen LogP contribution is 2.29. The Morgan fingerprint density at radius 1 is 1.62 bits per heavy atom. The van der Waals surface area contributed by atoms with Crippen molar-refractivity contribution in [2.24, 2.45) is 0 Å². The molecule has 0 heterocycles. The Balaban J connectivity index is 2.23. The summed E-state index contributed by atoms with van der Waals surface area (Å²) in [5.41, 5.74) is -0.500. The fraction of sp³-hybridized carbons (Fsp3) is 0.818. The summed E-state index contributed by atoms with van der Waals surface area (Å²) >= 11 is 0. The van der Waals surface area contributed by atoms with Crippen molar-refractivity contribution < 1.29 is 5.11 Å². The second kappa shape index (κ2) is 4.64. The normalized spacial score (nSPS) is 32.7. The van der Waals surface area contributed by atoms with E-state index in [0.29, 0.717) is 0 Å². The van der Waals surface area contributed by atoms with Crippen LogP contribution >= 0.6 is 0 Å². The third-order valence-corrected chi connectivity index (χ3v) is 2.74. The van der Waals surface area contributed by atoms with Crippen molar-refractivity contribution in [1.29, 1.82) is 0 Å². The van der Waals surface area contributed by atoms with Crippen LogP contribution in [-0.4, -0.2) is 23.3 Å². The molecule has 74 valence electrons. The van der Waals surface area contributed by atoms with Crippen LogP contribution in [0.5, 0.6) is 0 Å². The van der Waals surface area contributed by atoms with E-state index < -0.39 is 5.60 Å². The molecule has 0 aliphatic heterocycles. The molecule has 2 N–H and O–H groups in total. The molecule has 0 aromatic heterocycles. The first-order valence-corrected chi connectivity index (χ1v) is 5.02. The van der Waals surface area contributed by atoms with Crippen molar-refractivity contribution in [3.05, 3.63) is 0 Å². The minimum atomic E-state index is -0.500. The van der Waals surface area contributed by atoms with Crippen LogP contribution in [0.3, 0.4) is 0 Å². The first-order chi connectivity index (χ1) is 6.17. The minimum absolute atomic E-state index is 0.270. The summed E-state index contributed by atoms with van der Waals surface area (Å²) in [6, 6.07) is 0.270. The number of hydrogen-bond donors (Lipinski definition) is 2. The molecule has 0 aromatic rings. The average Bonchev–Trinajstić information content (AvgIpc) is 2.40. The summed E-state index contributed by atoms with van der Waals surface area (Å²) in [5, 5.41) is 13.3. The van der Waals surface area contributed by atoms with Crippen LogP contribution in [0.1, 0.15) is 39.5 Å². The lowest BCUT2D eigenvalue weighted by Gasteiger charge is -2.26. The minimum Gasteiger partial charge on any atom is -0.389 e. The van der Waals surface area contributed by atoms with E-state index >= 15 is 0 Å². The molecule has 2 nitrogen and oxygen atoms in total. The Morgan fingerprint density at radius 2 is 2.38 bits per heavy atom. The van der Waals surface area contributed by atoms with E-state index in [1.165, 1.54) is 0 Å². The van der Waals surface area contributed by atoms with Gasteiger partial charge < -0.3 is 10.4 Å². The molecule has 0 saturated heterocycles. The first-order valence-electron chi connectivity index (χ1n) is 5.02. The highest BCUT2D eigenvalue weighted by atomic mass is 16.3. The highest BCUT2D eigenvalue weighted by Gasteiger charge is 2.35. The van der Waals surface area contributed by atoms with E-state index in [1.807, 2.05) is 13.8 Å². The fourth-order valence-electron chi connectivity index (χ4n) is 1.91. The molecule has 1 rings (SSSR count). The summed E-state index contributed by atoms with van der Waals surface area (Å²) in [6.07, 6.45) is 4.02. The van der Waals surface area contributed by atoms with Crippen LogP contribution in [0.15, 0.2) is 0 Å². The van der Waals surface area contributed by atoms with Crippen LogP contribution in [0.25, 0.3) is 0 Å². The summed E-state index contributed by atoms with van der Waals surface area (Å²) < 4.78 is 0. The van der Waals surface area contributed by atoms with Crippen molar-refractivity contribution in [1.82, 2.24) is 5.32 Å². The van der Waals surface area contributed by atoms with E-state index in [2.05, 4.69) is 17.2 Å². The largest absolute Gasteiger partial charge is 0.389 e. The van der Waals surface area contributed by atoms with Gasteiger partial charge in [0.25, 0.3) is 0 Å². The second-order valence-corrected chi connectivity index (χ2v) is 3.93. The van der Waals surface area contributed by atoms with Crippen LogP contribution < -0.4 is 5.32 Å². The number of aliphatic hydroxyl groups is 1. The lowest BCUT2D eigenvalue weighted by molar-refractivity contribution is 0.0397. The molecule has 13 heavy (non-hydrogen) atoms. The number of hydrogen-bond acceptors (Lipinski definition) is 2. The quantitative estimate of drug-likeness (QED) is 0.508. The Kier molecular flexibility index (Phi) is 3.77. The van der Waals surface area contributed by atoms with Crippen LogP contribution in [0.4, 0.5) is 0 Å². The molecule has 0 amide bonds. The zero-order valence-corrected chi connectivity index (χ0v) is 8.56. The fourth-order valence-corrected chi connectivity index (χ4v) is 1.91. The molecule has 1 fully saturated rings. The van der Waals surface area contributed by atoms with Crippen molar-refractivity contribution in [3.63, 3.8) is 0 Å². The molecule has 0 bridgehead atoms. The lowest BCUT2D eigenvalue weighted by Crippen LogP contribution is -2.44. The predicted octanol–water partition coefficient (Wildman–Crippen LogP) is 1.29. The molecule has 0 radical (unpaired) electrons. The summed E-state index contributed by atoms with van der Waals surface area (Å²) in [4.78, 5) is 0. The van der Waals surface area contributed by atoms with Crippen molar-refractivity contribution >= 4 is 0 Å². The van der Waals surface area contributed by atoms with E-state index in [0.717, 1.165) is 32.2 Å². The molecule has 2 atom stereocenters. The van der Waals surface area contributed by atoms with E-state index in [9.17, 15) is 5.11 Å². The molecular formula is C11H19NO. The first kappa shape index (κ1) is 10.6. The topological polar surface area (TPSA) is 32.3 Å². The van der Waals surface area contributed by atoms with Gasteiger partial charge in [-0.3, -0.25) is 0 Å². The molecule has 1 aliphatic carbocycles. The summed E-state index contributed by atoms with van der Waals surface area (Å²) in [5.74, 6) is 5.87. The Morgan fingerprint density at radius 3 is 2.92 bits per heavy atom. The van der Waals surface area contributed by atoms with Gasteiger partial charge in [-0.2, -0.15) is 0 Å². The van der Waals surface area contributed by atoms with Crippen molar-refractivity contribution in [3.8, 4) is 11.8 Å². The maximum atomic E-state index is 9.91. The van der Waals surface area contributed by atoms with Crippen LogP contribution in [0, 0.1) is 11.8 Å². The van der Waals surface area contributed by atoms with Gasteiger partial charge in [0.1, 0.15) is 0 Å². The van der Waals surface area contributed by atoms with E-state index in [4.69, 9.17) is 0 Å². The maximum absolute atomic E-state index is 9.91. The van der Waals surface area contributed by atoms with Gasteiger partial charge in [-0.15, -0.1) is 11.8 Å². The molecule has 1 saturated carbocycles. The van der Waals surface area contributed by atoms with Crippen LogP contribution in [-0.2, 0) is 0 Å². The SMILES string of the molecule is CC#CCCNC1CCCC1(C)O. The van der Waals surface area contributed by atoms with Gasteiger partial charge >= 0.3 is 0 Å². The summed E-state index contributed by atoms with van der Waals surface area (Å²) in [7, 11) is 0. The van der Waals surface area contributed by atoms with E-state index in [-0.39, 0.29) is 6.04 Å². The predicted molar refractivity (Wildman–Crippen MR) is 54.3 cm³/mol. The standard InChI is InChI=1S/C11H19NO/c1-3-4-5-9-12-10-7-6-8-11(10,2)13/h10,12-13H,5-9H2,1-2H3. The summed E-state index contributed by atoms with van der Waals surface area (Å²) in [6.45, 7) is 4.66. The smallest absolute Gasteiger partial charge is 0.0772 e. The average molecular weight is 181 g/mol. The monoisotopic (exact) mass is 181 g/mol. The lowest BCUT2D eigenvalue weighted by atomic mass is 10.0. The Hall–Kier alpha value is -0.520. The highest BCUT2D eigenvalue weighted by molar-refractivity contribution is 4.97. The van der Waals surface area contributed by atoms with Gasteiger partial charge in [0.2, 0.25) is 0 Å². The molecule has 0 aromatic carbocycles. The third-order valence-electron chi connectivity index (χ3n) is 2.74. The van der Waals surface area contributed by atoms with Gasteiger partial charge in [-0.1, -0.05) is 0 Å². The number of rotatable bonds is 3. The zero-order valence-electron chi connectivity index (χ0n) is 8.56. The van der Waals surface area contributed by atoms with E-state index in [1.54, 1.807) is 0 Å². The van der Waals surface area contributed by atoms with Crippen LogP contribution in [0.2, 0.25) is 0 Å². The van der Waals surface area contributed by atoms with Gasteiger partial charge in [-0.25, -0.2) is 0 Å². The zero-order chi connectivity index (χ0) is 9.73. The molecule has 0 spiro atoms. The maximum Gasteiger partial charge on any atom is 0.0772 e. The van der Waals surface area contributed by atoms with Gasteiger partial charge in [0.15, 0.2) is 0 Å². The van der Waals surface area contributed by atoms with Gasteiger partial charge in [0, 0.05) is 19.0 Å². The molecular weight excluding hydrogens is 162 g/mol. The van der Waals surface area contributed by atoms with Crippen molar-refractivity contribution in [2.45, 2.75) is 51.2 Å². The third kappa shape index (κ3) is 3.02.